The molecule has 3 aliphatic heterocycles. The number of nitrogens with one attached hydrogen (secondary N) is 1. The number of esters is 1. The van der Waals surface area contributed by atoms with Crippen LogP contribution in [0.3, 0.4) is 0 Å². The minimum atomic E-state index is -1.02. The van der Waals surface area contributed by atoms with Crippen molar-refractivity contribution in [1.82, 2.24) is 10.2 Å². The molecule has 3 saturated heterocycles. The van der Waals surface area contributed by atoms with Gasteiger partial charge in [0, 0.05) is 6.54 Å². The zero-order valence-electron chi connectivity index (χ0n) is 17.0. The van der Waals surface area contributed by atoms with Crippen LogP contribution in [0.2, 0.25) is 0 Å². The Hall–Kier alpha value is -1.67. The third-order valence-corrected chi connectivity index (χ3v) is 6.36. The van der Waals surface area contributed by atoms with Crippen molar-refractivity contribution in [3.8, 4) is 0 Å². The fourth-order valence-corrected chi connectivity index (χ4v) is 5.14. The maximum atomic E-state index is 13.3. The van der Waals surface area contributed by atoms with Gasteiger partial charge in [-0.15, -0.1) is 0 Å². The summed E-state index contributed by atoms with van der Waals surface area (Å²) in [4.78, 5) is 40.5. The lowest BCUT2D eigenvalue weighted by Gasteiger charge is -2.35. The Morgan fingerprint density at radius 1 is 1.39 bits per heavy atom. The van der Waals surface area contributed by atoms with Crippen molar-refractivity contribution in [2.45, 2.75) is 76.7 Å². The second kappa shape index (κ2) is 8.37. The van der Waals surface area contributed by atoms with Gasteiger partial charge in [0.05, 0.1) is 37.2 Å². The van der Waals surface area contributed by atoms with Crippen LogP contribution in [0.4, 0.5) is 0 Å². The molecule has 8 heteroatoms. The lowest BCUT2D eigenvalue weighted by atomic mass is 9.71. The van der Waals surface area contributed by atoms with Crippen LogP contribution in [0.25, 0.3) is 0 Å². The minimum absolute atomic E-state index is 0.230. The van der Waals surface area contributed by atoms with Gasteiger partial charge < -0.3 is 24.8 Å². The third-order valence-electron chi connectivity index (χ3n) is 6.36. The average Bonchev–Trinajstić information content (AvgIpc) is 3.32. The van der Waals surface area contributed by atoms with Crippen LogP contribution < -0.4 is 5.32 Å². The third kappa shape index (κ3) is 3.20. The van der Waals surface area contributed by atoms with E-state index in [0.717, 1.165) is 19.3 Å². The molecule has 28 heavy (non-hydrogen) atoms. The van der Waals surface area contributed by atoms with E-state index in [4.69, 9.17) is 9.47 Å². The van der Waals surface area contributed by atoms with Gasteiger partial charge >= 0.3 is 5.97 Å². The van der Waals surface area contributed by atoms with Gasteiger partial charge in [0.2, 0.25) is 11.8 Å². The van der Waals surface area contributed by atoms with Gasteiger partial charge in [-0.3, -0.25) is 14.4 Å². The first kappa shape index (κ1) is 21.0. The van der Waals surface area contributed by atoms with Crippen molar-refractivity contribution in [2.24, 2.45) is 11.8 Å². The standard InChI is InChI=1S/C20H32N2O6/c1-4-6-7-10-21-17(24)16-20-9-8-13(28-20)14(19(26)27-5-2)15(20)18(25)22(16)12(3)11-23/h12-16,23H,4-11H2,1-3H3,(H,21,24)/t12-,13+,14-,15+,16?,20?/m1/s1. The topological polar surface area (TPSA) is 105 Å². The number of rotatable bonds is 9. The number of unbranched alkanes of at least 4 members (excludes halogenated alkanes) is 2. The fraction of sp³-hybridized carbons (Fsp3) is 0.850. The summed E-state index contributed by atoms with van der Waals surface area (Å²) in [5.74, 6) is -2.42. The summed E-state index contributed by atoms with van der Waals surface area (Å²) >= 11 is 0. The molecule has 158 valence electrons. The van der Waals surface area contributed by atoms with Crippen LogP contribution in [0.1, 0.15) is 52.9 Å². The van der Waals surface area contributed by atoms with Crippen LogP contribution in [-0.4, -0.2) is 71.3 Å². The van der Waals surface area contributed by atoms with Crippen molar-refractivity contribution < 1.29 is 29.0 Å². The number of fused-ring (bicyclic) bond motifs is 1. The highest BCUT2D eigenvalue weighted by molar-refractivity contribution is 5.98. The number of carbonyl (C=O) groups is 3. The first-order valence-corrected chi connectivity index (χ1v) is 10.5. The van der Waals surface area contributed by atoms with Crippen LogP contribution in [0, 0.1) is 11.8 Å². The van der Waals surface area contributed by atoms with E-state index >= 15 is 0 Å². The van der Waals surface area contributed by atoms with E-state index in [1.165, 1.54) is 4.90 Å². The van der Waals surface area contributed by atoms with Crippen LogP contribution in [-0.2, 0) is 23.9 Å². The summed E-state index contributed by atoms with van der Waals surface area (Å²) in [6, 6.07) is -1.37. The number of ether oxygens (including phenoxy) is 2. The van der Waals surface area contributed by atoms with E-state index in [9.17, 15) is 19.5 Å². The van der Waals surface area contributed by atoms with E-state index in [1.807, 2.05) is 0 Å². The van der Waals surface area contributed by atoms with E-state index in [2.05, 4.69) is 12.2 Å². The van der Waals surface area contributed by atoms with Gasteiger partial charge in [-0.2, -0.15) is 0 Å². The Morgan fingerprint density at radius 2 is 2.14 bits per heavy atom. The van der Waals surface area contributed by atoms with Crippen molar-refractivity contribution in [1.29, 1.82) is 0 Å². The number of likely N-dealkylation sites (tertiary alicyclic amines) is 1. The quantitative estimate of drug-likeness (QED) is 0.437. The number of aliphatic hydroxyl groups is 1. The fourth-order valence-electron chi connectivity index (χ4n) is 5.14. The average molecular weight is 396 g/mol. The summed E-state index contributed by atoms with van der Waals surface area (Å²) in [6.07, 6.45) is 3.69. The predicted octanol–water partition coefficient (Wildman–Crippen LogP) is 0.611. The lowest BCUT2D eigenvalue weighted by molar-refractivity contribution is -0.155. The highest BCUT2D eigenvalue weighted by Gasteiger charge is 2.75. The highest BCUT2D eigenvalue weighted by Crippen LogP contribution is 2.58. The number of carbonyl (C=O) groups excluding carboxylic acids is 3. The molecule has 0 radical (unpaired) electrons. The molecule has 6 atom stereocenters. The molecule has 1 spiro atoms. The molecule has 3 aliphatic rings. The molecule has 0 aromatic heterocycles. The van der Waals surface area contributed by atoms with Crippen LogP contribution >= 0.6 is 0 Å². The molecule has 3 fully saturated rings. The molecule has 8 nitrogen and oxygen atoms in total. The second-order valence-electron chi connectivity index (χ2n) is 8.08. The van der Waals surface area contributed by atoms with Gasteiger partial charge in [0.25, 0.3) is 0 Å². The number of hydrogen-bond donors (Lipinski definition) is 2. The Balaban J connectivity index is 1.90. The smallest absolute Gasteiger partial charge is 0.312 e. The number of amides is 2. The van der Waals surface area contributed by atoms with Gasteiger partial charge in [0.15, 0.2) is 0 Å². The van der Waals surface area contributed by atoms with E-state index in [-0.39, 0.29) is 25.0 Å². The molecule has 0 saturated carbocycles. The molecule has 2 amide bonds. The Kier molecular flexibility index (Phi) is 6.29. The molecule has 3 heterocycles. The molecule has 0 aliphatic carbocycles. The summed E-state index contributed by atoms with van der Waals surface area (Å²) in [6.45, 7) is 6.02. The maximum Gasteiger partial charge on any atom is 0.312 e. The largest absolute Gasteiger partial charge is 0.466 e. The normalized spacial score (nSPS) is 34.4. The number of hydrogen-bond acceptors (Lipinski definition) is 6. The predicted molar refractivity (Wildman–Crippen MR) is 100 cm³/mol. The number of aliphatic hydroxyl groups excluding tert-OH is 1. The molecule has 2 bridgehead atoms. The van der Waals surface area contributed by atoms with Gasteiger partial charge in [-0.25, -0.2) is 0 Å². The summed E-state index contributed by atoms with van der Waals surface area (Å²) in [7, 11) is 0. The Labute approximate surface area is 165 Å². The lowest BCUT2D eigenvalue weighted by Crippen LogP contribution is -2.57. The van der Waals surface area contributed by atoms with E-state index in [1.54, 1.807) is 13.8 Å². The molecule has 2 N–H and O–H groups in total. The molecule has 0 aromatic carbocycles. The van der Waals surface area contributed by atoms with Gasteiger partial charge in [-0.1, -0.05) is 19.8 Å². The van der Waals surface area contributed by atoms with Crippen molar-refractivity contribution in [3.63, 3.8) is 0 Å². The molecule has 2 unspecified atom stereocenters. The Bertz CT molecular complexity index is 626. The SMILES string of the molecule is CCCCCNC(=O)C1N([C@H](C)CO)C(=O)[C@@H]2[C@H](C(=O)OCC)[C@@H]3CCC12O3. The molecule has 0 aromatic rings. The van der Waals surface area contributed by atoms with E-state index in [0.29, 0.717) is 19.4 Å². The summed E-state index contributed by atoms with van der Waals surface area (Å²) in [5.41, 5.74) is -1.02. The highest BCUT2D eigenvalue weighted by atomic mass is 16.6. The van der Waals surface area contributed by atoms with E-state index < -0.39 is 41.6 Å². The zero-order valence-corrected chi connectivity index (χ0v) is 17.0. The van der Waals surface area contributed by atoms with Crippen LogP contribution in [0.15, 0.2) is 0 Å². The van der Waals surface area contributed by atoms with Crippen molar-refractivity contribution in [3.05, 3.63) is 0 Å². The van der Waals surface area contributed by atoms with Crippen LogP contribution in [0.5, 0.6) is 0 Å². The second-order valence-corrected chi connectivity index (χ2v) is 8.08. The summed E-state index contributed by atoms with van der Waals surface area (Å²) < 4.78 is 11.4. The van der Waals surface area contributed by atoms with Gasteiger partial charge in [0.1, 0.15) is 11.6 Å². The molecular formula is C20H32N2O6. The maximum absolute atomic E-state index is 13.3. The summed E-state index contributed by atoms with van der Waals surface area (Å²) in [5, 5.41) is 12.6. The molecular weight excluding hydrogens is 364 g/mol. The first-order valence-electron chi connectivity index (χ1n) is 10.5. The van der Waals surface area contributed by atoms with Crippen molar-refractivity contribution in [2.75, 3.05) is 19.8 Å². The molecule has 3 rings (SSSR count). The minimum Gasteiger partial charge on any atom is -0.466 e. The zero-order chi connectivity index (χ0) is 20.5. The monoisotopic (exact) mass is 396 g/mol. The number of nitrogens with zero attached hydrogens (tertiary/aromatic N) is 1. The first-order chi connectivity index (χ1) is 13.4. The van der Waals surface area contributed by atoms with Gasteiger partial charge in [-0.05, 0) is 33.1 Å². The Morgan fingerprint density at radius 3 is 2.79 bits per heavy atom. The van der Waals surface area contributed by atoms with Crippen molar-refractivity contribution >= 4 is 17.8 Å².